The number of anilines is 1. The average molecular weight is 424 g/mol. The summed E-state index contributed by atoms with van der Waals surface area (Å²) in [4.78, 5) is 14.2. The molecule has 0 unspecified atom stereocenters. The summed E-state index contributed by atoms with van der Waals surface area (Å²) >= 11 is 0. The molecule has 0 bridgehead atoms. The lowest BCUT2D eigenvalue weighted by molar-refractivity contribution is 0.122. The third-order valence-corrected chi connectivity index (χ3v) is 5.70. The van der Waals surface area contributed by atoms with Gasteiger partial charge in [-0.05, 0) is 25.1 Å². The minimum Gasteiger partial charge on any atom is -0.490 e. The Labute approximate surface area is 185 Å². The Hall–Kier alpha value is -2.80. The fourth-order valence-corrected chi connectivity index (χ4v) is 4.08. The summed E-state index contributed by atoms with van der Waals surface area (Å²) < 4.78 is 11.6. The van der Waals surface area contributed by atoms with Gasteiger partial charge >= 0.3 is 0 Å². The molecule has 2 fully saturated rings. The predicted molar refractivity (Wildman–Crippen MR) is 124 cm³/mol. The Bertz CT molecular complexity index is 831. The van der Waals surface area contributed by atoms with Gasteiger partial charge in [-0.15, -0.1) is 0 Å². The van der Waals surface area contributed by atoms with Crippen LogP contribution in [0.4, 0.5) is 5.82 Å². The van der Waals surface area contributed by atoms with Gasteiger partial charge in [0.25, 0.3) is 0 Å². The van der Waals surface area contributed by atoms with Crippen molar-refractivity contribution in [3.05, 3.63) is 54.2 Å². The summed E-state index contributed by atoms with van der Waals surface area (Å²) in [5.74, 6) is 2.95. The van der Waals surface area contributed by atoms with E-state index in [2.05, 4.69) is 33.1 Å². The molecule has 7 nitrogen and oxygen atoms in total. The lowest BCUT2D eigenvalue weighted by Gasteiger charge is -2.34. The van der Waals surface area contributed by atoms with Gasteiger partial charge in [0.15, 0.2) is 5.96 Å². The Morgan fingerprint density at radius 3 is 2.61 bits per heavy atom. The molecule has 4 rings (SSSR count). The second-order valence-electron chi connectivity index (χ2n) is 7.87. The first-order chi connectivity index (χ1) is 15.3. The first-order valence-corrected chi connectivity index (χ1v) is 11.3. The van der Waals surface area contributed by atoms with Crippen LogP contribution in [0.25, 0.3) is 0 Å². The van der Waals surface area contributed by atoms with E-state index in [1.165, 1.54) is 0 Å². The smallest absolute Gasteiger partial charge is 0.194 e. The summed E-state index contributed by atoms with van der Waals surface area (Å²) in [5.41, 5.74) is 1.15. The van der Waals surface area contributed by atoms with E-state index < -0.39 is 0 Å². The molecule has 1 aromatic carbocycles. The van der Waals surface area contributed by atoms with Crippen LogP contribution >= 0.6 is 0 Å². The van der Waals surface area contributed by atoms with Crippen molar-refractivity contribution in [2.45, 2.75) is 32.4 Å². The number of morpholine rings is 1. The third-order valence-electron chi connectivity index (χ3n) is 5.70. The molecule has 1 N–H and O–H groups in total. The molecule has 3 heterocycles. The quantitative estimate of drug-likeness (QED) is 0.569. The van der Waals surface area contributed by atoms with Crippen molar-refractivity contribution in [1.29, 1.82) is 0 Å². The molecule has 0 saturated carbocycles. The summed E-state index contributed by atoms with van der Waals surface area (Å²) in [7, 11) is 0. The molecule has 0 amide bonds. The van der Waals surface area contributed by atoms with Crippen molar-refractivity contribution in [3.8, 4) is 5.75 Å². The normalized spacial score (nSPS) is 18.2. The number of hydrogen-bond donors (Lipinski definition) is 1. The number of benzene rings is 1. The van der Waals surface area contributed by atoms with E-state index in [9.17, 15) is 0 Å². The molecular formula is C24H33N5O2. The van der Waals surface area contributed by atoms with E-state index in [0.717, 1.165) is 81.9 Å². The highest BCUT2D eigenvalue weighted by molar-refractivity contribution is 5.80. The number of aliphatic imine (C=N–C) groups is 1. The number of nitrogens with zero attached hydrogens (tertiary/aromatic N) is 4. The largest absolute Gasteiger partial charge is 0.490 e. The SMILES string of the molecule is CCNC(=NCc1cccnc1N1CCOCC1)N1CCC(Oc2ccccc2)CC1. The van der Waals surface area contributed by atoms with Gasteiger partial charge in [-0.1, -0.05) is 24.3 Å². The second kappa shape index (κ2) is 11.0. The lowest BCUT2D eigenvalue weighted by atomic mass is 10.1. The molecule has 0 aliphatic carbocycles. The number of ether oxygens (including phenoxy) is 2. The van der Waals surface area contributed by atoms with Crippen LogP contribution in [0.5, 0.6) is 5.75 Å². The Balaban J connectivity index is 1.38. The number of nitrogens with one attached hydrogen (secondary N) is 1. The van der Waals surface area contributed by atoms with E-state index in [4.69, 9.17) is 14.5 Å². The fourth-order valence-electron chi connectivity index (χ4n) is 4.08. The van der Waals surface area contributed by atoms with Crippen LogP contribution in [0.15, 0.2) is 53.7 Å². The van der Waals surface area contributed by atoms with Crippen LogP contribution < -0.4 is 15.0 Å². The first kappa shape index (κ1) is 21.4. The molecule has 0 spiro atoms. The van der Waals surface area contributed by atoms with Gasteiger partial charge in [0, 0.05) is 57.3 Å². The molecule has 7 heteroatoms. The molecule has 2 aromatic rings. The minimum atomic E-state index is 0.257. The summed E-state index contributed by atoms with van der Waals surface area (Å²) in [6.45, 7) is 8.71. The monoisotopic (exact) mass is 423 g/mol. The van der Waals surface area contributed by atoms with Gasteiger partial charge < -0.3 is 24.6 Å². The van der Waals surface area contributed by atoms with Crippen molar-refractivity contribution in [1.82, 2.24) is 15.2 Å². The van der Waals surface area contributed by atoms with Crippen LogP contribution in [-0.4, -0.2) is 67.9 Å². The Morgan fingerprint density at radius 2 is 1.87 bits per heavy atom. The van der Waals surface area contributed by atoms with Crippen molar-refractivity contribution >= 4 is 11.8 Å². The number of para-hydroxylation sites is 1. The van der Waals surface area contributed by atoms with Gasteiger partial charge in [-0.3, -0.25) is 0 Å². The summed E-state index contributed by atoms with van der Waals surface area (Å²) in [6.07, 6.45) is 4.10. The number of hydrogen-bond acceptors (Lipinski definition) is 5. The van der Waals surface area contributed by atoms with E-state index in [1.54, 1.807) is 0 Å². The highest BCUT2D eigenvalue weighted by atomic mass is 16.5. The number of guanidine groups is 1. The maximum Gasteiger partial charge on any atom is 0.194 e. The number of piperidine rings is 1. The van der Waals surface area contributed by atoms with Crippen molar-refractivity contribution in [2.24, 2.45) is 4.99 Å². The standard InChI is InChI=1S/C24H33N5O2/c1-2-25-24(29-13-10-22(11-14-29)31-21-8-4-3-5-9-21)27-19-20-7-6-12-26-23(20)28-15-17-30-18-16-28/h3-9,12,22H,2,10-11,13-19H2,1H3,(H,25,27). The molecule has 0 atom stereocenters. The molecule has 1 aromatic heterocycles. The minimum absolute atomic E-state index is 0.257. The van der Waals surface area contributed by atoms with Crippen LogP contribution in [0, 0.1) is 0 Å². The number of pyridine rings is 1. The Kier molecular flexibility index (Phi) is 7.60. The summed E-state index contributed by atoms with van der Waals surface area (Å²) in [6, 6.07) is 14.2. The van der Waals surface area contributed by atoms with E-state index in [-0.39, 0.29) is 6.10 Å². The van der Waals surface area contributed by atoms with Crippen LogP contribution in [0.2, 0.25) is 0 Å². The summed E-state index contributed by atoms with van der Waals surface area (Å²) in [5, 5.41) is 3.47. The van der Waals surface area contributed by atoms with Crippen molar-refractivity contribution in [2.75, 3.05) is 50.8 Å². The molecule has 2 aliphatic heterocycles. The molecule has 166 valence electrons. The fraction of sp³-hybridized carbons (Fsp3) is 0.500. The molecule has 2 saturated heterocycles. The van der Waals surface area contributed by atoms with E-state index in [0.29, 0.717) is 6.54 Å². The Morgan fingerprint density at radius 1 is 1.10 bits per heavy atom. The number of rotatable bonds is 6. The lowest BCUT2D eigenvalue weighted by Crippen LogP contribution is -2.47. The molecule has 0 radical (unpaired) electrons. The van der Waals surface area contributed by atoms with Gasteiger partial charge in [0.1, 0.15) is 17.7 Å². The highest BCUT2D eigenvalue weighted by Crippen LogP contribution is 2.21. The van der Waals surface area contributed by atoms with E-state index in [1.807, 2.05) is 42.6 Å². The van der Waals surface area contributed by atoms with Crippen LogP contribution in [0.3, 0.4) is 0 Å². The first-order valence-electron chi connectivity index (χ1n) is 11.3. The number of aromatic nitrogens is 1. The van der Waals surface area contributed by atoms with Gasteiger partial charge in [0.05, 0.1) is 19.8 Å². The van der Waals surface area contributed by atoms with Crippen molar-refractivity contribution < 1.29 is 9.47 Å². The third kappa shape index (κ3) is 5.88. The van der Waals surface area contributed by atoms with Gasteiger partial charge in [-0.2, -0.15) is 0 Å². The zero-order valence-electron chi connectivity index (χ0n) is 18.4. The highest BCUT2D eigenvalue weighted by Gasteiger charge is 2.23. The van der Waals surface area contributed by atoms with Crippen molar-refractivity contribution in [3.63, 3.8) is 0 Å². The zero-order chi connectivity index (χ0) is 21.3. The van der Waals surface area contributed by atoms with Gasteiger partial charge in [0.2, 0.25) is 0 Å². The molecular weight excluding hydrogens is 390 g/mol. The van der Waals surface area contributed by atoms with Crippen LogP contribution in [0.1, 0.15) is 25.3 Å². The zero-order valence-corrected chi connectivity index (χ0v) is 18.4. The van der Waals surface area contributed by atoms with Gasteiger partial charge in [-0.25, -0.2) is 9.98 Å². The molecule has 31 heavy (non-hydrogen) atoms. The predicted octanol–water partition coefficient (Wildman–Crippen LogP) is 2.93. The maximum atomic E-state index is 6.14. The van der Waals surface area contributed by atoms with E-state index >= 15 is 0 Å². The second-order valence-corrected chi connectivity index (χ2v) is 7.87. The maximum absolute atomic E-state index is 6.14. The average Bonchev–Trinajstić information content (AvgIpc) is 2.84. The van der Waals surface area contributed by atoms with Crippen LogP contribution in [-0.2, 0) is 11.3 Å². The molecule has 2 aliphatic rings. The topological polar surface area (TPSA) is 62.2 Å². The number of likely N-dealkylation sites (tertiary alicyclic amines) is 1.